The summed E-state index contributed by atoms with van der Waals surface area (Å²) in [5.41, 5.74) is 0.243. The fraction of sp³-hybridized carbons (Fsp3) is 0.692. The normalized spacial score (nSPS) is 10.7. The van der Waals surface area contributed by atoms with E-state index in [1.165, 1.54) is 6.92 Å². The van der Waals surface area contributed by atoms with Gasteiger partial charge in [-0.3, -0.25) is 0 Å². The summed E-state index contributed by atoms with van der Waals surface area (Å²) in [7, 11) is 3.62. The van der Waals surface area contributed by atoms with Gasteiger partial charge in [-0.1, -0.05) is 0 Å². The molecule has 0 unspecified atom stereocenters. The summed E-state index contributed by atoms with van der Waals surface area (Å²) in [4.78, 5) is 33.3. The molecule has 106 valence electrons. The van der Waals surface area contributed by atoms with E-state index in [1.807, 2.05) is 13.8 Å². The maximum absolute atomic E-state index is 11.3. The Labute approximate surface area is 114 Å². The Kier molecular flexibility index (Phi) is 7.26. The number of carbonyl (C=O) groups is 3. The van der Waals surface area contributed by atoms with Crippen LogP contribution in [0.25, 0.3) is 0 Å². The van der Waals surface area contributed by atoms with E-state index < -0.39 is 11.4 Å². The van der Waals surface area contributed by atoms with Crippen LogP contribution in [0.15, 0.2) is 0 Å². The monoisotopic (exact) mass is 268 g/mol. The standard InChI is InChI=1S/C13H21BO5/c1-9(14)5-11(16)18-7-13(3,4)8-19-12(17)6-10(2)15/h14H,5-8H2,1-4H3. The average molecular weight is 268 g/mol. The van der Waals surface area contributed by atoms with Crippen LogP contribution in [0.5, 0.6) is 0 Å². The van der Waals surface area contributed by atoms with Gasteiger partial charge in [0.25, 0.3) is 0 Å². The first-order valence-electron chi connectivity index (χ1n) is 6.07. The molecular weight excluding hydrogens is 247 g/mol. The molecule has 5 nitrogen and oxygen atoms in total. The summed E-state index contributed by atoms with van der Waals surface area (Å²) >= 11 is 0. The number of hydrogen-bond acceptors (Lipinski definition) is 5. The van der Waals surface area contributed by atoms with Crippen molar-refractivity contribution in [3.05, 3.63) is 0 Å². The molecule has 0 saturated carbocycles. The van der Waals surface area contributed by atoms with Gasteiger partial charge in [0.05, 0.1) is 0 Å². The van der Waals surface area contributed by atoms with Crippen molar-refractivity contribution in [3.8, 4) is 0 Å². The first-order valence-corrected chi connectivity index (χ1v) is 6.07. The fourth-order valence-electron chi connectivity index (χ4n) is 1.15. The Bertz CT molecular complexity index is 339. The molecule has 0 amide bonds. The van der Waals surface area contributed by atoms with Crippen molar-refractivity contribution in [2.24, 2.45) is 5.41 Å². The zero-order valence-corrected chi connectivity index (χ0v) is 12.1. The third kappa shape index (κ3) is 10.2. The molecule has 6 heteroatoms. The minimum atomic E-state index is -0.561. The first-order chi connectivity index (χ1) is 8.62. The molecule has 0 saturated heterocycles. The molecule has 0 atom stereocenters. The summed E-state index contributed by atoms with van der Waals surface area (Å²) in [6, 6.07) is 0. The van der Waals surface area contributed by atoms with Gasteiger partial charge in [-0.2, -0.15) is 0 Å². The van der Waals surface area contributed by atoms with E-state index in [0.717, 1.165) is 5.46 Å². The molecule has 0 fully saturated rings. The Balaban J connectivity index is 4.04. The first kappa shape index (κ1) is 17.5. The van der Waals surface area contributed by atoms with Gasteiger partial charge in [0.1, 0.15) is 0 Å². The van der Waals surface area contributed by atoms with Crippen molar-refractivity contribution in [3.63, 3.8) is 0 Å². The second-order valence-corrected chi connectivity index (χ2v) is 5.50. The minimum absolute atomic E-state index is 0.0967. The molecule has 0 aliphatic heterocycles. The van der Waals surface area contributed by atoms with Crippen molar-refractivity contribution in [1.29, 1.82) is 0 Å². The van der Waals surface area contributed by atoms with Crippen LogP contribution < -0.4 is 0 Å². The Morgan fingerprint density at radius 2 is 1.37 bits per heavy atom. The number of rotatable bonds is 8. The Morgan fingerprint density at radius 3 is 1.74 bits per heavy atom. The van der Waals surface area contributed by atoms with Crippen molar-refractivity contribution < 1.29 is 23.9 Å². The van der Waals surface area contributed by atoms with Crippen LogP contribution >= 0.6 is 0 Å². The molecule has 0 bridgehead atoms. The van der Waals surface area contributed by atoms with E-state index in [4.69, 9.17) is 9.47 Å². The predicted octanol–water partition coefficient (Wildman–Crippen LogP) is 0.561. The second-order valence-electron chi connectivity index (χ2n) is 5.50. The van der Waals surface area contributed by atoms with Gasteiger partial charge in [-0.25, -0.2) is 0 Å². The van der Waals surface area contributed by atoms with Crippen LogP contribution in [0.1, 0.15) is 40.5 Å². The Morgan fingerprint density at radius 1 is 0.947 bits per heavy atom. The van der Waals surface area contributed by atoms with Gasteiger partial charge < -0.3 is 0 Å². The van der Waals surface area contributed by atoms with E-state index in [9.17, 15) is 14.4 Å². The molecule has 0 N–H and O–H groups in total. The van der Waals surface area contributed by atoms with Crippen LogP contribution in [-0.2, 0) is 23.9 Å². The van der Waals surface area contributed by atoms with Crippen molar-refractivity contribution in [2.45, 2.75) is 40.5 Å². The van der Waals surface area contributed by atoms with E-state index in [1.54, 1.807) is 6.92 Å². The molecule has 0 aromatic carbocycles. The van der Waals surface area contributed by atoms with Gasteiger partial charge in [0.2, 0.25) is 0 Å². The molecule has 0 aromatic rings. The van der Waals surface area contributed by atoms with E-state index in [2.05, 4.69) is 7.49 Å². The van der Waals surface area contributed by atoms with Crippen LogP contribution in [0.2, 0.25) is 0 Å². The van der Waals surface area contributed by atoms with Crippen molar-refractivity contribution >= 4 is 30.7 Å². The molecule has 0 spiro atoms. The SMILES string of the molecule is B=C(C)CC(=O)OCC(C)(C)COC(=O)CC(C)=O. The third-order valence-corrected chi connectivity index (χ3v) is 2.09. The van der Waals surface area contributed by atoms with Crippen LogP contribution in [0.4, 0.5) is 0 Å². The van der Waals surface area contributed by atoms with Gasteiger partial charge in [-0.15, -0.1) is 0 Å². The van der Waals surface area contributed by atoms with Crippen molar-refractivity contribution in [1.82, 2.24) is 0 Å². The number of Topliss-reactive ketones (excluding diaryl/α,β-unsaturated/α-hetero) is 1. The molecule has 0 radical (unpaired) electrons. The van der Waals surface area contributed by atoms with Crippen LogP contribution in [0.3, 0.4) is 0 Å². The maximum atomic E-state index is 11.3. The van der Waals surface area contributed by atoms with Gasteiger partial charge in [-0.05, 0) is 0 Å². The van der Waals surface area contributed by atoms with Gasteiger partial charge in [0, 0.05) is 0 Å². The molecule has 19 heavy (non-hydrogen) atoms. The molecule has 0 aliphatic carbocycles. The quantitative estimate of drug-likeness (QED) is 0.365. The molecule has 0 heterocycles. The molecule has 0 rings (SSSR count). The zero-order chi connectivity index (χ0) is 15.1. The number of esters is 2. The van der Waals surface area contributed by atoms with Gasteiger partial charge in [0.15, 0.2) is 0 Å². The number of ketones is 1. The van der Waals surface area contributed by atoms with E-state index >= 15 is 0 Å². The summed E-state index contributed by atoms with van der Waals surface area (Å²) in [6.45, 7) is 6.93. The van der Waals surface area contributed by atoms with E-state index in [0.29, 0.717) is 0 Å². The summed E-state index contributed by atoms with van der Waals surface area (Å²) in [5, 5.41) is 0. The summed E-state index contributed by atoms with van der Waals surface area (Å²) < 4.78 is 10.0. The number of hydrogen-bond donors (Lipinski definition) is 0. The number of carbonyl (C=O) groups excluding carboxylic acids is 3. The second kappa shape index (κ2) is 7.87. The third-order valence-electron chi connectivity index (χ3n) is 2.09. The topological polar surface area (TPSA) is 69.7 Å². The zero-order valence-electron chi connectivity index (χ0n) is 12.1. The predicted molar refractivity (Wildman–Crippen MR) is 73.4 cm³/mol. The van der Waals surface area contributed by atoms with Gasteiger partial charge >= 0.3 is 114 Å². The Hall–Kier alpha value is -1.46. The van der Waals surface area contributed by atoms with E-state index in [-0.39, 0.29) is 37.8 Å². The molecule has 0 aliphatic rings. The van der Waals surface area contributed by atoms with Crippen LogP contribution in [-0.4, -0.2) is 43.9 Å². The summed E-state index contributed by atoms with van der Waals surface area (Å²) in [6.07, 6.45) is -0.0499. The summed E-state index contributed by atoms with van der Waals surface area (Å²) in [5.74, 6) is -1.15. The molecular formula is C13H21BO5. The number of ether oxygens (including phenoxy) is 2. The fourth-order valence-corrected chi connectivity index (χ4v) is 1.15. The van der Waals surface area contributed by atoms with Crippen molar-refractivity contribution in [2.75, 3.05) is 13.2 Å². The van der Waals surface area contributed by atoms with Crippen LogP contribution in [0, 0.1) is 5.41 Å². The molecule has 0 aromatic heterocycles. The average Bonchev–Trinajstić information content (AvgIpc) is 2.22.